The Hall–Kier alpha value is -1.54. The first-order valence-corrected chi connectivity index (χ1v) is 8.32. The normalized spacial score (nSPS) is 30.1. The van der Waals surface area contributed by atoms with Crippen LogP contribution >= 0.6 is 0 Å². The highest BCUT2D eigenvalue weighted by Gasteiger charge is 2.47. The van der Waals surface area contributed by atoms with E-state index < -0.39 is 0 Å². The molecule has 1 aromatic rings. The zero-order chi connectivity index (χ0) is 15.5. The van der Waals surface area contributed by atoms with Crippen molar-refractivity contribution in [2.45, 2.75) is 52.1 Å². The lowest BCUT2D eigenvalue weighted by Crippen LogP contribution is -2.33. The van der Waals surface area contributed by atoms with Crippen molar-refractivity contribution in [1.29, 1.82) is 0 Å². The number of hydrogen-bond acceptors (Lipinski definition) is 2. The summed E-state index contributed by atoms with van der Waals surface area (Å²) in [5, 5.41) is 10.5. The van der Waals surface area contributed by atoms with E-state index in [1.54, 1.807) is 7.11 Å². The summed E-state index contributed by atoms with van der Waals surface area (Å²) in [7, 11) is 1.73. The van der Waals surface area contributed by atoms with Gasteiger partial charge in [0.2, 0.25) is 0 Å². The summed E-state index contributed by atoms with van der Waals surface area (Å²) in [5.41, 5.74) is 8.73. The lowest BCUT2D eigenvalue weighted by molar-refractivity contribution is 0.0723. The summed E-state index contributed by atoms with van der Waals surface area (Å²) in [6, 6.07) is 6.50. The minimum Gasteiger partial charge on any atom is -0.497 e. The van der Waals surface area contributed by atoms with Gasteiger partial charge in [-0.3, -0.25) is 0 Å². The fourth-order valence-electron chi connectivity index (χ4n) is 4.88. The number of aliphatic hydroxyl groups is 1. The highest BCUT2D eigenvalue weighted by atomic mass is 16.5. The Morgan fingerprint density at radius 2 is 2.00 bits per heavy atom. The summed E-state index contributed by atoms with van der Waals surface area (Å²) < 4.78 is 5.37. The van der Waals surface area contributed by atoms with E-state index in [1.807, 2.05) is 0 Å². The fraction of sp³-hybridized carbons (Fsp3) is 0.500. The number of methoxy groups -OCH3 is 1. The van der Waals surface area contributed by atoms with Crippen molar-refractivity contribution in [2.75, 3.05) is 7.11 Å². The first-order valence-electron chi connectivity index (χ1n) is 8.32. The van der Waals surface area contributed by atoms with E-state index in [1.165, 1.54) is 33.4 Å². The van der Waals surface area contributed by atoms with Crippen molar-refractivity contribution in [2.24, 2.45) is 5.41 Å². The molecule has 1 N–H and O–H groups in total. The van der Waals surface area contributed by atoms with Crippen LogP contribution in [0.15, 0.2) is 34.9 Å². The molecule has 0 spiro atoms. The van der Waals surface area contributed by atoms with E-state index in [9.17, 15) is 5.11 Å². The Balaban J connectivity index is 1.87. The minimum absolute atomic E-state index is 0.0209. The molecule has 0 unspecified atom stereocenters. The minimum atomic E-state index is -0.200. The van der Waals surface area contributed by atoms with Crippen molar-refractivity contribution < 1.29 is 9.84 Å². The van der Waals surface area contributed by atoms with Crippen LogP contribution in [0.2, 0.25) is 0 Å². The Morgan fingerprint density at radius 1 is 1.18 bits per heavy atom. The maximum atomic E-state index is 10.5. The molecule has 1 aromatic carbocycles. The molecule has 0 saturated heterocycles. The highest BCUT2D eigenvalue weighted by Crippen LogP contribution is 2.57. The van der Waals surface area contributed by atoms with E-state index in [0.29, 0.717) is 0 Å². The Kier molecular flexibility index (Phi) is 3.02. The fourth-order valence-corrected chi connectivity index (χ4v) is 4.88. The molecule has 116 valence electrons. The van der Waals surface area contributed by atoms with E-state index in [4.69, 9.17) is 4.74 Å². The summed E-state index contributed by atoms with van der Waals surface area (Å²) >= 11 is 0. The van der Waals surface area contributed by atoms with Crippen molar-refractivity contribution in [3.05, 3.63) is 46.0 Å². The Labute approximate surface area is 132 Å². The second-order valence-corrected chi connectivity index (χ2v) is 7.27. The molecule has 4 rings (SSSR count). The van der Waals surface area contributed by atoms with Gasteiger partial charge in [0.15, 0.2) is 0 Å². The number of allylic oxidation sites excluding steroid dienone is 2. The summed E-state index contributed by atoms with van der Waals surface area (Å²) in [5.74, 6) is 0.954. The monoisotopic (exact) mass is 296 g/mol. The lowest BCUT2D eigenvalue weighted by atomic mass is 9.64. The van der Waals surface area contributed by atoms with E-state index in [2.05, 4.69) is 32.0 Å². The molecule has 3 aliphatic rings. The van der Waals surface area contributed by atoms with Crippen molar-refractivity contribution in [3.63, 3.8) is 0 Å². The number of hydrogen-bond donors (Lipinski definition) is 1. The van der Waals surface area contributed by atoms with Gasteiger partial charge in [-0.25, -0.2) is 0 Å². The van der Waals surface area contributed by atoms with Crippen LogP contribution < -0.4 is 4.74 Å². The van der Waals surface area contributed by atoms with E-state index in [-0.39, 0.29) is 11.5 Å². The molecular formula is C20H24O2. The molecule has 0 aliphatic heterocycles. The molecule has 0 bridgehead atoms. The average Bonchev–Trinajstić information content (AvgIpc) is 2.76. The molecule has 0 fully saturated rings. The third-order valence-corrected chi connectivity index (χ3v) is 6.08. The molecule has 2 nitrogen and oxygen atoms in total. The van der Waals surface area contributed by atoms with Crippen LogP contribution in [-0.4, -0.2) is 18.3 Å². The van der Waals surface area contributed by atoms with Crippen LogP contribution in [0.3, 0.4) is 0 Å². The van der Waals surface area contributed by atoms with Crippen LogP contribution in [0, 0.1) is 5.41 Å². The molecule has 3 aliphatic carbocycles. The van der Waals surface area contributed by atoms with Crippen molar-refractivity contribution >= 4 is 5.57 Å². The molecule has 2 atom stereocenters. The smallest absolute Gasteiger partial charge is 0.119 e. The van der Waals surface area contributed by atoms with Crippen molar-refractivity contribution in [3.8, 4) is 5.75 Å². The van der Waals surface area contributed by atoms with Gasteiger partial charge in [-0.15, -0.1) is 0 Å². The molecule has 22 heavy (non-hydrogen) atoms. The van der Waals surface area contributed by atoms with Gasteiger partial charge in [-0.2, -0.15) is 0 Å². The number of aliphatic hydroxyl groups excluding tert-OH is 1. The van der Waals surface area contributed by atoms with E-state index >= 15 is 0 Å². The number of aryl methyl sites for hydroxylation is 1. The van der Waals surface area contributed by atoms with Gasteiger partial charge in [0, 0.05) is 5.41 Å². The largest absolute Gasteiger partial charge is 0.497 e. The predicted octanol–water partition coefficient (Wildman–Crippen LogP) is 4.28. The zero-order valence-electron chi connectivity index (χ0n) is 13.7. The molecule has 2 heteroatoms. The van der Waals surface area contributed by atoms with Gasteiger partial charge >= 0.3 is 0 Å². The van der Waals surface area contributed by atoms with Crippen molar-refractivity contribution in [1.82, 2.24) is 0 Å². The van der Waals surface area contributed by atoms with Gasteiger partial charge in [0.1, 0.15) is 5.75 Å². The molecule has 0 amide bonds. The SMILES string of the molecule is COc1ccc2c(c1)CCC1=C2CC[C@@]2(C)C1=C(C)C[C@H]2O. The van der Waals surface area contributed by atoms with Gasteiger partial charge in [0.25, 0.3) is 0 Å². The van der Waals surface area contributed by atoms with Crippen LogP contribution in [0.1, 0.15) is 50.7 Å². The third-order valence-electron chi connectivity index (χ3n) is 6.08. The van der Waals surface area contributed by atoms with Gasteiger partial charge in [-0.1, -0.05) is 18.6 Å². The molecule has 0 radical (unpaired) electrons. The summed E-state index contributed by atoms with van der Waals surface area (Å²) in [6.07, 6.45) is 4.97. The maximum absolute atomic E-state index is 10.5. The Bertz CT molecular complexity index is 710. The topological polar surface area (TPSA) is 29.5 Å². The molecule has 0 aromatic heterocycles. The number of ether oxygens (including phenoxy) is 1. The van der Waals surface area contributed by atoms with Crippen LogP contribution in [-0.2, 0) is 6.42 Å². The predicted molar refractivity (Wildman–Crippen MR) is 88.9 cm³/mol. The lowest BCUT2D eigenvalue weighted by Gasteiger charge is -2.41. The summed E-state index contributed by atoms with van der Waals surface area (Å²) in [6.45, 7) is 4.47. The van der Waals surface area contributed by atoms with Crippen LogP contribution in [0.5, 0.6) is 5.75 Å². The van der Waals surface area contributed by atoms with Gasteiger partial charge in [-0.05, 0) is 79.0 Å². The van der Waals surface area contributed by atoms with E-state index in [0.717, 1.165) is 37.9 Å². The number of benzene rings is 1. The van der Waals surface area contributed by atoms with Gasteiger partial charge < -0.3 is 9.84 Å². The zero-order valence-corrected chi connectivity index (χ0v) is 13.7. The molecule has 0 saturated carbocycles. The van der Waals surface area contributed by atoms with Gasteiger partial charge in [0.05, 0.1) is 13.2 Å². The second kappa shape index (κ2) is 4.73. The first kappa shape index (κ1) is 14.1. The number of rotatable bonds is 1. The molecular weight excluding hydrogens is 272 g/mol. The third kappa shape index (κ3) is 1.77. The highest BCUT2D eigenvalue weighted by molar-refractivity contribution is 5.79. The average molecular weight is 296 g/mol. The Morgan fingerprint density at radius 3 is 2.77 bits per heavy atom. The number of fused-ring (bicyclic) bond motifs is 4. The summed E-state index contributed by atoms with van der Waals surface area (Å²) in [4.78, 5) is 0. The molecule has 0 heterocycles. The second-order valence-electron chi connectivity index (χ2n) is 7.27. The van der Waals surface area contributed by atoms with Crippen LogP contribution in [0.25, 0.3) is 5.57 Å². The van der Waals surface area contributed by atoms with Crippen LogP contribution in [0.4, 0.5) is 0 Å². The quantitative estimate of drug-likeness (QED) is 0.838. The first-order chi connectivity index (χ1) is 10.5. The standard InChI is InChI=1S/C20H24O2/c1-12-10-18(21)20(2)9-8-16-15-7-5-14(22-3)11-13(15)4-6-17(16)19(12)20/h5,7,11,18,21H,4,6,8-10H2,1-3H3/t18-,20-/m1/s1. The maximum Gasteiger partial charge on any atom is 0.119 e.